The molecular formula is C16H21N3OS2. The maximum absolute atomic E-state index is 12.4. The molecule has 22 heavy (non-hydrogen) atoms. The minimum absolute atomic E-state index is 0.0432. The van der Waals surface area contributed by atoms with E-state index in [2.05, 4.69) is 36.3 Å². The summed E-state index contributed by atoms with van der Waals surface area (Å²) in [5, 5.41) is 3.70. The van der Waals surface area contributed by atoms with Crippen molar-refractivity contribution in [3.63, 3.8) is 0 Å². The van der Waals surface area contributed by atoms with Crippen molar-refractivity contribution >= 4 is 33.7 Å². The van der Waals surface area contributed by atoms with E-state index >= 15 is 0 Å². The fourth-order valence-electron chi connectivity index (χ4n) is 3.10. The van der Waals surface area contributed by atoms with Crippen LogP contribution in [0.15, 0.2) is 12.1 Å². The third-order valence-electron chi connectivity index (χ3n) is 4.30. The van der Waals surface area contributed by atoms with Gasteiger partial charge in [-0.1, -0.05) is 6.42 Å². The third-order valence-corrected chi connectivity index (χ3v) is 6.19. The van der Waals surface area contributed by atoms with E-state index in [1.165, 1.54) is 4.88 Å². The van der Waals surface area contributed by atoms with Crippen LogP contribution >= 0.6 is 22.7 Å². The molecule has 0 bridgehead atoms. The van der Waals surface area contributed by atoms with Gasteiger partial charge in [0.05, 0.1) is 10.6 Å². The van der Waals surface area contributed by atoms with Crippen LogP contribution in [0.3, 0.4) is 0 Å². The average Bonchev–Trinajstić information content (AvgIpc) is 3.18. The molecule has 2 heterocycles. The van der Waals surface area contributed by atoms with Crippen LogP contribution in [0.25, 0.3) is 10.6 Å². The Morgan fingerprint density at radius 2 is 2.18 bits per heavy atom. The van der Waals surface area contributed by atoms with Crippen molar-refractivity contribution in [3.05, 3.63) is 21.9 Å². The van der Waals surface area contributed by atoms with Gasteiger partial charge in [-0.15, -0.1) is 22.7 Å². The van der Waals surface area contributed by atoms with E-state index in [4.69, 9.17) is 5.73 Å². The second kappa shape index (κ2) is 6.48. The first kappa shape index (κ1) is 15.6. The van der Waals surface area contributed by atoms with E-state index in [9.17, 15) is 4.79 Å². The molecule has 1 aliphatic rings. The first-order chi connectivity index (χ1) is 10.6. The Kier molecular flexibility index (Phi) is 4.61. The number of carbonyl (C=O) groups is 1. The van der Waals surface area contributed by atoms with Crippen LogP contribution < -0.4 is 11.1 Å². The summed E-state index contributed by atoms with van der Waals surface area (Å²) in [6, 6.07) is 4.19. The summed E-state index contributed by atoms with van der Waals surface area (Å²) in [4.78, 5) is 20.6. The van der Waals surface area contributed by atoms with E-state index < -0.39 is 0 Å². The largest absolute Gasteiger partial charge is 0.330 e. The molecule has 3 rings (SSSR count). The Labute approximate surface area is 138 Å². The van der Waals surface area contributed by atoms with E-state index in [1.54, 1.807) is 22.7 Å². The molecule has 118 valence electrons. The van der Waals surface area contributed by atoms with E-state index in [1.807, 2.05) is 0 Å². The van der Waals surface area contributed by atoms with Gasteiger partial charge < -0.3 is 11.1 Å². The molecule has 0 aromatic carbocycles. The molecule has 4 nitrogen and oxygen atoms in total. The first-order valence-electron chi connectivity index (χ1n) is 7.63. The van der Waals surface area contributed by atoms with Gasteiger partial charge in [0.2, 0.25) is 5.91 Å². The smallest absolute Gasteiger partial charge is 0.229 e. The minimum Gasteiger partial charge on any atom is -0.330 e. The number of nitrogens with one attached hydrogen (secondary N) is 1. The Morgan fingerprint density at radius 1 is 1.36 bits per heavy atom. The number of aromatic nitrogens is 1. The van der Waals surface area contributed by atoms with Crippen LogP contribution in [-0.4, -0.2) is 17.4 Å². The van der Waals surface area contributed by atoms with E-state index in [-0.39, 0.29) is 11.8 Å². The SMILES string of the molecule is Cc1ccc(-c2nc(NC(=O)[C@@H]3CCC[C@@H]3CN)sc2C)s1. The summed E-state index contributed by atoms with van der Waals surface area (Å²) >= 11 is 3.28. The van der Waals surface area contributed by atoms with Crippen LogP contribution in [0, 0.1) is 25.7 Å². The summed E-state index contributed by atoms with van der Waals surface area (Å²) in [6.07, 6.45) is 3.09. The fourth-order valence-corrected chi connectivity index (χ4v) is 4.91. The molecule has 0 aliphatic heterocycles. The lowest BCUT2D eigenvalue weighted by molar-refractivity contribution is -0.120. The first-order valence-corrected chi connectivity index (χ1v) is 9.27. The van der Waals surface area contributed by atoms with Gasteiger partial charge in [-0.25, -0.2) is 4.98 Å². The Morgan fingerprint density at radius 3 is 2.86 bits per heavy atom. The van der Waals surface area contributed by atoms with Gasteiger partial charge in [-0.05, 0) is 51.3 Å². The van der Waals surface area contributed by atoms with Crippen LogP contribution in [0.2, 0.25) is 0 Å². The number of hydrogen-bond acceptors (Lipinski definition) is 5. The van der Waals surface area contributed by atoms with Gasteiger partial charge in [0.25, 0.3) is 0 Å². The second-order valence-corrected chi connectivity index (χ2v) is 8.35. The van der Waals surface area contributed by atoms with Crippen molar-refractivity contribution in [3.8, 4) is 10.6 Å². The molecule has 1 saturated carbocycles. The van der Waals surface area contributed by atoms with Crippen LogP contribution in [0.5, 0.6) is 0 Å². The second-order valence-electron chi connectivity index (χ2n) is 5.86. The molecule has 2 atom stereocenters. The van der Waals surface area contributed by atoms with E-state index in [0.717, 1.165) is 34.7 Å². The average molecular weight is 335 g/mol. The van der Waals surface area contributed by atoms with Gasteiger partial charge in [0.15, 0.2) is 5.13 Å². The maximum Gasteiger partial charge on any atom is 0.229 e. The van der Waals surface area contributed by atoms with Crippen molar-refractivity contribution in [1.29, 1.82) is 0 Å². The number of carbonyl (C=O) groups excluding carboxylic acids is 1. The quantitative estimate of drug-likeness (QED) is 0.893. The van der Waals surface area contributed by atoms with Gasteiger partial charge in [-0.3, -0.25) is 4.79 Å². The van der Waals surface area contributed by atoms with Crippen molar-refractivity contribution in [2.75, 3.05) is 11.9 Å². The molecule has 0 radical (unpaired) electrons. The molecule has 3 N–H and O–H groups in total. The number of thiophene rings is 1. The minimum atomic E-state index is 0.0432. The highest BCUT2D eigenvalue weighted by atomic mass is 32.1. The molecule has 6 heteroatoms. The zero-order chi connectivity index (χ0) is 15.7. The number of rotatable bonds is 4. The number of nitrogens with zero attached hydrogens (tertiary/aromatic N) is 1. The lowest BCUT2D eigenvalue weighted by Gasteiger charge is -2.16. The predicted molar refractivity (Wildman–Crippen MR) is 93.4 cm³/mol. The summed E-state index contributed by atoms with van der Waals surface area (Å²) in [5.74, 6) is 0.442. The summed E-state index contributed by atoms with van der Waals surface area (Å²) in [6.45, 7) is 4.73. The highest BCUT2D eigenvalue weighted by molar-refractivity contribution is 7.18. The topological polar surface area (TPSA) is 68.0 Å². The monoisotopic (exact) mass is 335 g/mol. The summed E-state index contributed by atoms with van der Waals surface area (Å²) in [7, 11) is 0. The lowest BCUT2D eigenvalue weighted by atomic mass is 9.95. The Balaban J connectivity index is 1.75. The van der Waals surface area contributed by atoms with Crippen molar-refractivity contribution in [2.24, 2.45) is 17.6 Å². The van der Waals surface area contributed by atoms with Crippen molar-refractivity contribution < 1.29 is 4.79 Å². The van der Waals surface area contributed by atoms with Crippen molar-refractivity contribution in [1.82, 2.24) is 4.98 Å². The summed E-state index contributed by atoms with van der Waals surface area (Å²) < 4.78 is 0. The zero-order valence-electron chi connectivity index (χ0n) is 12.9. The molecule has 2 aromatic heterocycles. The summed E-state index contributed by atoms with van der Waals surface area (Å²) in [5.41, 5.74) is 6.76. The number of thiazole rings is 1. The maximum atomic E-state index is 12.4. The van der Waals surface area contributed by atoms with Gasteiger partial charge in [0.1, 0.15) is 0 Å². The van der Waals surface area contributed by atoms with E-state index in [0.29, 0.717) is 17.6 Å². The molecule has 0 spiro atoms. The van der Waals surface area contributed by atoms with Crippen LogP contribution in [0.1, 0.15) is 29.0 Å². The van der Waals surface area contributed by atoms with Gasteiger partial charge in [-0.2, -0.15) is 0 Å². The number of hydrogen-bond donors (Lipinski definition) is 2. The molecule has 0 unspecified atom stereocenters. The molecule has 1 fully saturated rings. The van der Waals surface area contributed by atoms with Crippen LogP contribution in [0.4, 0.5) is 5.13 Å². The van der Waals surface area contributed by atoms with Gasteiger partial charge in [0, 0.05) is 15.7 Å². The number of anilines is 1. The fraction of sp³-hybridized carbons (Fsp3) is 0.500. The normalized spacial score (nSPS) is 21.2. The molecule has 0 saturated heterocycles. The molecule has 1 amide bonds. The molecular weight excluding hydrogens is 314 g/mol. The lowest BCUT2D eigenvalue weighted by Crippen LogP contribution is -2.29. The highest BCUT2D eigenvalue weighted by Gasteiger charge is 2.32. The number of amides is 1. The van der Waals surface area contributed by atoms with Crippen LogP contribution in [-0.2, 0) is 4.79 Å². The Hall–Kier alpha value is -1.24. The number of nitrogens with two attached hydrogens (primary N) is 1. The zero-order valence-corrected chi connectivity index (χ0v) is 14.5. The highest BCUT2D eigenvalue weighted by Crippen LogP contribution is 2.36. The van der Waals surface area contributed by atoms with Crippen molar-refractivity contribution in [2.45, 2.75) is 33.1 Å². The molecule has 2 aromatic rings. The Bertz CT molecular complexity index is 677. The molecule has 1 aliphatic carbocycles. The van der Waals surface area contributed by atoms with Gasteiger partial charge >= 0.3 is 0 Å². The standard InChI is InChI=1S/C16H21N3OS2/c1-9-6-7-13(21-9)14-10(2)22-16(18-14)19-15(20)12-5-3-4-11(12)8-17/h6-7,11-12H,3-5,8,17H2,1-2H3,(H,18,19,20)/t11-,12-/m1/s1. The third kappa shape index (κ3) is 3.09. The predicted octanol–water partition coefficient (Wildman–Crippen LogP) is 3.80. The number of aryl methyl sites for hydroxylation is 2.